The van der Waals surface area contributed by atoms with Crippen LogP contribution >= 0.6 is 0 Å². The van der Waals surface area contributed by atoms with Crippen molar-refractivity contribution < 1.29 is 0 Å². The summed E-state index contributed by atoms with van der Waals surface area (Å²) in [4.78, 5) is 0. The van der Waals surface area contributed by atoms with Gasteiger partial charge >= 0.3 is 0 Å². The Morgan fingerprint density at radius 2 is 0.909 bits per heavy atom. The summed E-state index contributed by atoms with van der Waals surface area (Å²) in [5, 5.41) is 0. The van der Waals surface area contributed by atoms with Crippen molar-refractivity contribution in [3.8, 4) is 11.1 Å². The quantitative estimate of drug-likeness (QED) is 0.569. The Morgan fingerprint density at radius 1 is 0.545 bits per heavy atom. The van der Waals surface area contributed by atoms with E-state index in [1.54, 1.807) is 0 Å². The first-order chi connectivity index (χ1) is 10.1. The van der Waals surface area contributed by atoms with Crippen molar-refractivity contribution in [3.05, 3.63) is 84.4 Å². The summed E-state index contributed by atoms with van der Waals surface area (Å²) in [6.45, 7) is 2.08. The van der Waals surface area contributed by atoms with E-state index in [0.717, 1.165) is 22.5 Å². The van der Waals surface area contributed by atoms with E-state index in [-0.39, 0.29) is 6.15 Å². The molecule has 0 saturated heterocycles. The second-order valence-corrected chi connectivity index (χ2v) is 4.90. The molecule has 0 fully saturated rings. The van der Waals surface area contributed by atoms with Crippen molar-refractivity contribution in [1.29, 1.82) is 0 Å². The number of hydrogen-bond donors (Lipinski definition) is 3. The van der Waals surface area contributed by atoms with E-state index in [1.807, 2.05) is 66.7 Å². The van der Waals surface area contributed by atoms with Gasteiger partial charge in [0.1, 0.15) is 0 Å². The molecular formula is C19H23N3. The molecular weight excluding hydrogens is 270 g/mol. The summed E-state index contributed by atoms with van der Waals surface area (Å²) in [6, 6.07) is 25.8. The Hall–Kier alpha value is -2.78. The average molecular weight is 293 g/mol. The molecule has 0 heterocycles. The van der Waals surface area contributed by atoms with E-state index in [4.69, 9.17) is 11.5 Å². The molecule has 3 aromatic carbocycles. The Bertz CT molecular complexity index is 616. The molecule has 0 amide bonds. The predicted molar refractivity (Wildman–Crippen MR) is 96.9 cm³/mol. The van der Waals surface area contributed by atoms with Gasteiger partial charge in [0, 0.05) is 11.4 Å². The number of anilines is 2. The monoisotopic (exact) mass is 293 g/mol. The maximum absolute atomic E-state index is 5.61. The van der Waals surface area contributed by atoms with Crippen molar-refractivity contribution in [2.45, 2.75) is 6.92 Å². The third-order valence-electron chi connectivity index (χ3n) is 3.10. The highest BCUT2D eigenvalue weighted by Gasteiger charge is 1.95. The molecule has 3 rings (SSSR count). The molecule has 0 aliphatic rings. The summed E-state index contributed by atoms with van der Waals surface area (Å²) < 4.78 is 0. The van der Waals surface area contributed by atoms with E-state index in [2.05, 4.69) is 19.1 Å². The van der Waals surface area contributed by atoms with Crippen molar-refractivity contribution in [2.75, 3.05) is 11.5 Å². The third kappa shape index (κ3) is 5.31. The zero-order valence-corrected chi connectivity index (χ0v) is 12.9. The lowest BCUT2D eigenvalue weighted by atomic mass is 10.1. The van der Waals surface area contributed by atoms with Gasteiger partial charge < -0.3 is 17.6 Å². The van der Waals surface area contributed by atoms with Gasteiger partial charge in [0.15, 0.2) is 0 Å². The van der Waals surface area contributed by atoms with E-state index < -0.39 is 0 Å². The zero-order valence-electron chi connectivity index (χ0n) is 12.9. The van der Waals surface area contributed by atoms with Gasteiger partial charge in [-0.3, -0.25) is 0 Å². The fourth-order valence-electron chi connectivity index (χ4n) is 1.89. The second kappa shape index (κ2) is 8.49. The largest absolute Gasteiger partial charge is 0.399 e. The number of nitrogen functional groups attached to an aromatic ring is 2. The zero-order chi connectivity index (χ0) is 15.1. The van der Waals surface area contributed by atoms with Crippen molar-refractivity contribution in [3.63, 3.8) is 0 Å². The first kappa shape index (κ1) is 17.3. The van der Waals surface area contributed by atoms with Gasteiger partial charge in [0.25, 0.3) is 0 Å². The molecule has 3 nitrogen and oxygen atoms in total. The normalized spacial score (nSPS) is 9.14. The van der Waals surface area contributed by atoms with Crippen LogP contribution in [0.1, 0.15) is 5.56 Å². The van der Waals surface area contributed by atoms with Gasteiger partial charge in [-0.2, -0.15) is 0 Å². The van der Waals surface area contributed by atoms with Crippen LogP contribution in [0.2, 0.25) is 0 Å². The van der Waals surface area contributed by atoms with Gasteiger partial charge in [0.2, 0.25) is 0 Å². The molecule has 114 valence electrons. The maximum atomic E-state index is 5.61. The molecule has 3 heteroatoms. The lowest BCUT2D eigenvalue weighted by molar-refractivity contribution is 1.48. The van der Waals surface area contributed by atoms with Crippen LogP contribution in [-0.4, -0.2) is 0 Å². The average Bonchev–Trinajstić information content (AvgIpc) is 2.50. The van der Waals surface area contributed by atoms with Crippen LogP contribution in [0.25, 0.3) is 11.1 Å². The SMILES string of the molecule is Cc1ccccc1.N.Nc1ccc(-c2ccc(N)cc2)cc1. The molecule has 0 aliphatic heterocycles. The van der Waals surface area contributed by atoms with Gasteiger partial charge in [-0.05, 0) is 42.3 Å². The van der Waals surface area contributed by atoms with Gasteiger partial charge in [-0.1, -0.05) is 60.2 Å². The van der Waals surface area contributed by atoms with Gasteiger partial charge in [-0.25, -0.2) is 0 Å². The molecule has 0 bridgehead atoms. The minimum atomic E-state index is 0. The van der Waals surface area contributed by atoms with E-state index >= 15 is 0 Å². The lowest BCUT2D eigenvalue weighted by Gasteiger charge is -2.02. The molecule has 7 N–H and O–H groups in total. The predicted octanol–water partition coefficient (Wildman–Crippen LogP) is 4.68. The highest BCUT2D eigenvalue weighted by Crippen LogP contribution is 2.21. The Kier molecular flexibility index (Phi) is 6.67. The lowest BCUT2D eigenvalue weighted by Crippen LogP contribution is -1.85. The molecule has 0 atom stereocenters. The summed E-state index contributed by atoms with van der Waals surface area (Å²) >= 11 is 0. The van der Waals surface area contributed by atoms with Crippen LogP contribution in [0.15, 0.2) is 78.9 Å². The maximum Gasteiger partial charge on any atom is 0.0314 e. The number of rotatable bonds is 1. The summed E-state index contributed by atoms with van der Waals surface area (Å²) in [5.41, 5.74) is 16.4. The van der Waals surface area contributed by atoms with Crippen LogP contribution in [0.3, 0.4) is 0 Å². The summed E-state index contributed by atoms with van der Waals surface area (Å²) in [7, 11) is 0. The Balaban J connectivity index is 0.000000258. The van der Waals surface area contributed by atoms with Crippen LogP contribution in [-0.2, 0) is 0 Å². The van der Waals surface area contributed by atoms with E-state index in [0.29, 0.717) is 0 Å². The first-order valence-electron chi connectivity index (χ1n) is 6.88. The third-order valence-corrected chi connectivity index (χ3v) is 3.10. The molecule has 0 unspecified atom stereocenters. The summed E-state index contributed by atoms with van der Waals surface area (Å²) in [6.07, 6.45) is 0. The molecule has 0 radical (unpaired) electrons. The number of aryl methyl sites for hydroxylation is 1. The molecule has 0 spiro atoms. The topological polar surface area (TPSA) is 87.0 Å². The number of nitrogens with two attached hydrogens (primary N) is 2. The highest BCUT2D eigenvalue weighted by atomic mass is 14.5. The van der Waals surface area contributed by atoms with Crippen LogP contribution < -0.4 is 17.6 Å². The Labute approximate surface area is 132 Å². The van der Waals surface area contributed by atoms with Crippen molar-refractivity contribution >= 4 is 11.4 Å². The smallest absolute Gasteiger partial charge is 0.0314 e. The minimum Gasteiger partial charge on any atom is -0.399 e. The van der Waals surface area contributed by atoms with Gasteiger partial charge in [0.05, 0.1) is 0 Å². The number of hydrogen-bond acceptors (Lipinski definition) is 3. The van der Waals surface area contributed by atoms with Crippen LogP contribution in [0, 0.1) is 6.92 Å². The fraction of sp³-hybridized carbons (Fsp3) is 0.0526. The fourth-order valence-corrected chi connectivity index (χ4v) is 1.89. The standard InChI is InChI=1S/C12H12N2.C7H8.H3N/c13-11-5-1-9(2-6-11)10-3-7-12(14)8-4-10;1-7-5-3-2-4-6-7;/h1-8H,13-14H2;2-6H,1H3;1H3. The van der Waals surface area contributed by atoms with E-state index in [9.17, 15) is 0 Å². The highest BCUT2D eigenvalue weighted by molar-refractivity contribution is 5.67. The minimum absolute atomic E-state index is 0. The molecule has 0 saturated carbocycles. The number of benzene rings is 3. The van der Waals surface area contributed by atoms with Crippen LogP contribution in [0.4, 0.5) is 11.4 Å². The van der Waals surface area contributed by atoms with Crippen LogP contribution in [0.5, 0.6) is 0 Å². The molecule has 0 aliphatic carbocycles. The molecule has 0 aromatic heterocycles. The molecule has 22 heavy (non-hydrogen) atoms. The summed E-state index contributed by atoms with van der Waals surface area (Å²) in [5.74, 6) is 0. The first-order valence-corrected chi connectivity index (χ1v) is 6.88. The van der Waals surface area contributed by atoms with E-state index in [1.165, 1.54) is 5.56 Å². The van der Waals surface area contributed by atoms with Crippen molar-refractivity contribution in [1.82, 2.24) is 6.15 Å². The van der Waals surface area contributed by atoms with Crippen molar-refractivity contribution in [2.24, 2.45) is 0 Å². The molecule has 3 aromatic rings. The Morgan fingerprint density at radius 3 is 1.18 bits per heavy atom. The van der Waals surface area contributed by atoms with Gasteiger partial charge in [-0.15, -0.1) is 0 Å². The second-order valence-electron chi connectivity index (χ2n) is 4.90.